The maximum Gasteiger partial charge on any atom is 0.409 e. The number of anilines is 1. The van der Waals surface area contributed by atoms with Crippen LogP contribution in [0.2, 0.25) is 0 Å². The number of piperidine rings is 1. The van der Waals surface area contributed by atoms with Gasteiger partial charge in [0.25, 0.3) is 5.91 Å². The first-order valence-corrected chi connectivity index (χ1v) is 13.8. The number of fused-ring (bicyclic) bond motifs is 1. The normalized spacial score (nSPS) is 29.7. The Balaban J connectivity index is 1.09. The van der Waals surface area contributed by atoms with Gasteiger partial charge in [0.15, 0.2) is 23.8 Å². The molecule has 6 rings (SSSR count). The number of amides is 2. The van der Waals surface area contributed by atoms with E-state index in [0.29, 0.717) is 49.0 Å². The van der Waals surface area contributed by atoms with Crippen LogP contribution in [-0.2, 0) is 20.7 Å². The number of hydrogen-bond acceptors (Lipinski definition) is 11. The van der Waals surface area contributed by atoms with Crippen LogP contribution in [-0.4, -0.2) is 104 Å². The Labute approximate surface area is 225 Å². The predicted octanol–water partition coefficient (Wildman–Crippen LogP) is -0.693. The molecule has 39 heavy (non-hydrogen) atoms. The fourth-order valence-corrected chi connectivity index (χ4v) is 5.59. The molecule has 212 valence electrons. The number of nitrogen functional groups attached to an aromatic ring is 1. The first-order valence-electron chi connectivity index (χ1n) is 13.8. The molecule has 0 spiro atoms. The van der Waals surface area contributed by atoms with Crippen LogP contribution in [0.5, 0.6) is 0 Å². The number of ether oxygens (including phenoxy) is 2. The first kappa shape index (κ1) is 26.2. The highest BCUT2D eigenvalue weighted by molar-refractivity contribution is 5.83. The SMILES string of the molecule is Nc1nc(CC2CCN(C(=O)OCC3CCNC3)CC2)nc2c1ncn2[C@@H]1O[C@H](C(=O)NC2CC2)C(O)C1O. The number of imidazole rings is 1. The van der Waals surface area contributed by atoms with Crippen molar-refractivity contribution in [2.24, 2.45) is 11.8 Å². The van der Waals surface area contributed by atoms with Crippen molar-refractivity contribution in [3.05, 3.63) is 12.2 Å². The number of nitrogens with two attached hydrogens (primary N) is 1. The third kappa shape index (κ3) is 5.51. The monoisotopic (exact) mass is 544 g/mol. The van der Waals surface area contributed by atoms with Crippen molar-refractivity contribution in [1.82, 2.24) is 35.1 Å². The first-order chi connectivity index (χ1) is 18.9. The highest BCUT2D eigenvalue weighted by Gasteiger charge is 2.48. The molecule has 4 aliphatic rings. The van der Waals surface area contributed by atoms with E-state index in [1.54, 1.807) is 4.90 Å². The van der Waals surface area contributed by atoms with Crippen LogP contribution in [0.1, 0.15) is 44.2 Å². The number of nitrogens with one attached hydrogen (secondary N) is 2. The zero-order valence-electron chi connectivity index (χ0n) is 21.7. The van der Waals surface area contributed by atoms with Crippen LogP contribution in [0.25, 0.3) is 11.2 Å². The molecule has 2 amide bonds. The third-order valence-corrected chi connectivity index (χ3v) is 8.14. The van der Waals surface area contributed by atoms with Crippen molar-refractivity contribution < 1.29 is 29.3 Å². The van der Waals surface area contributed by atoms with Gasteiger partial charge in [-0.2, -0.15) is 0 Å². The Hall–Kier alpha value is -3.07. The summed E-state index contributed by atoms with van der Waals surface area (Å²) in [6.45, 7) is 3.53. The molecule has 1 saturated carbocycles. The average Bonchev–Trinajstić information content (AvgIpc) is 3.28. The van der Waals surface area contributed by atoms with Crippen molar-refractivity contribution >= 4 is 29.0 Å². The Morgan fingerprint density at radius 1 is 1.13 bits per heavy atom. The maximum absolute atomic E-state index is 12.5. The lowest BCUT2D eigenvalue weighted by atomic mass is 9.93. The van der Waals surface area contributed by atoms with E-state index in [2.05, 4.69) is 25.6 Å². The molecule has 3 unspecified atom stereocenters. The summed E-state index contributed by atoms with van der Waals surface area (Å²) in [6, 6.07) is 0.0978. The van der Waals surface area contributed by atoms with Crippen LogP contribution < -0.4 is 16.4 Å². The number of carbonyl (C=O) groups excluding carboxylic acids is 2. The molecule has 0 radical (unpaired) electrons. The number of aliphatic hydroxyl groups excluding tert-OH is 2. The van der Waals surface area contributed by atoms with E-state index >= 15 is 0 Å². The second-order valence-electron chi connectivity index (χ2n) is 11.1. The topological polar surface area (TPSA) is 190 Å². The van der Waals surface area contributed by atoms with Gasteiger partial charge < -0.3 is 41.0 Å². The summed E-state index contributed by atoms with van der Waals surface area (Å²) in [5.41, 5.74) is 6.91. The molecule has 0 bridgehead atoms. The quantitative estimate of drug-likeness (QED) is 0.296. The van der Waals surface area contributed by atoms with Crippen LogP contribution in [0, 0.1) is 11.8 Å². The smallest absolute Gasteiger partial charge is 0.409 e. The average molecular weight is 545 g/mol. The molecule has 2 aromatic rings. The summed E-state index contributed by atoms with van der Waals surface area (Å²) in [5.74, 6) is 0.922. The van der Waals surface area contributed by atoms with E-state index in [9.17, 15) is 19.8 Å². The molecule has 5 heterocycles. The highest BCUT2D eigenvalue weighted by Crippen LogP contribution is 2.33. The number of aliphatic hydroxyl groups is 2. The number of rotatable bonds is 7. The van der Waals surface area contributed by atoms with Gasteiger partial charge in [-0.25, -0.2) is 19.7 Å². The fraction of sp³-hybridized carbons (Fsp3) is 0.720. The summed E-state index contributed by atoms with van der Waals surface area (Å²) < 4.78 is 12.8. The van der Waals surface area contributed by atoms with Crippen LogP contribution >= 0.6 is 0 Å². The molecule has 1 aliphatic carbocycles. The Bertz CT molecular complexity index is 1210. The van der Waals surface area contributed by atoms with E-state index in [4.69, 9.17) is 15.2 Å². The van der Waals surface area contributed by atoms with E-state index < -0.39 is 30.4 Å². The maximum atomic E-state index is 12.5. The molecule has 2 aromatic heterocycles. The molecular weight excluding hydrogens is 508 g/mol. The second-order valence-corrected chi connectivity index (χ2v) is 11.1. The molecule has 6 N–H and O–H groups in total. The number of hydrogen-bond donors (Lipinski definition) is 5. The van der Waals surface area contributed by atoms with Gasteiger partial charge in [0, 0.05) is 38.0 Å². The molecule has 3 aliphatic heterocycles. The minimum Gasteiger partial charge on any atom is -0.449 e. The number of aromatic nitrogens is 4. The molecule has 3 saturated heterocycles. The van der Waals surface area contributed by atoms with Gasteiger partial charge in [-0.1, -0.05) is 0 Å². The lowest BCUT2D eigenvalue weighted by Gasteiger charge is -2.31. The molecule has 4 fully saturated rings. The standard InChI is InChI=1S/C25H36N8O6/c26-21-17-22(33(12-28-17)24-19(35)18(34)20(39-24)23(36)29-15-1-2-15)31-16(30-21)9-13-4-7-32(8-5-13)25(37)38-11-14-3-6-27-10-14/h12-15,18-20,24,27,34-35H,1-11H2,(H,29,36)(H2,26,30,31)/t14?,18?,19?,20-,24+/m0/s1. The van der Waals surface area contributed by atoms with E-state index in [1.807, 2.05) is 0 Å². The minimum atomic E-state index is -1.39. The largest absolute Gasteiger partial charge is 0.449 e. The summed E-state index contributed by atoms with van der Waals surface area (Å²) in [7, 11) is 0. The number of carbonyl (C=O) groups is 2. The third-order valence-electron chi connectivity index (χ3n) is 8.14. The zero-order valence-corrected chi connectivity index (χ0v) is 21.7. The Morgan fingerprint density at radius 3 is 2.64 bits per heavy atom. The van der Waals surface area contributed by atoms with Crippen molar-refractivity contribution in [2.45, 2.75) is 69.1 Å². The zero-order chi connectivity index (χ0) is 27.1. The van der Waals surface area contributed by atoms with Gasteiger partial charge in [0.2, 0.25) is 0 Å². The van der Waals surface area contributed by atoms with Crippen molar-refractivity contribution in [2.75, 3.05) is 38.5 Å². The van der Waals surface area contributed by atoms with Gasteiger partial charge in [-0.3, -0.25) is 9.36 Å². The summed E-state index contributed by atoms with van der Waals surface area (Å²) in [4.78, 5) is 40.1. The second kappa shape index (κ2) is 10.8. The van der Waals surface area contributed by atoms with E-state index in [0.717, 1.165) is 45.2 Å². The van der Waals surface area contributed by atoms with Gasteiger partial charge in [-0.15, -0.1) is 0 Å². The van der Waals surface area contributed by atoms with Gasteiger partial charge in [0.1, 0.15) is 23.5 Å². The van der Waals surface area contributed by atoms with Crippen LogP contribution in [0.4, 0.5) is 10.6 Å². The lowest BCUT2D eigenvalue weighted by Crippen LogP contribution is -2.43. The number of nitrogens with zero attached hydrogens (tertiary/aromatic N) is 5. The van der Waals surface area contributed by atoms with Crippen LogP contribution in [0.3, 0.4) is 0 Å². The fourth-order valence-electron chi connectivity index (χ4n) is 5.59. The highest BCUT2D eigenvalue weighted by atomic mass is 16.6. The summed E-state index contributed by atoms with van der Waals surface area (Å²) >= 11 is 0. The predicted molar refractivity (Wildman–Crippen MR) is 137 cm³/mol. The van der Waals surface area contributed by atoms with Gasteiger partial charge in [0.05, 0.1) is 12.9 Å². The molecule has 5 atom stereocenters. The van der Waals surface area contributed by atoms with Crippen molar-refractivity contribution in [1.29, 1.82) is 0 Å². The van der Waals surface area contributed by atoms with Gasteiger partial charge in [-0.05, 0) is 44.6 Å². The van der Waals surface area contributed by atoms with Crippen LogP contribution in [0.15, 0.2) is 6.33 Å². The minimum absolute atomic E-state index is 0.0978. The summed E-state index contributed by atoms with van der Waals surface area (Å²) in [5, 5.41) is 27.3. The van der Waals surface area contributed by atoms with Crippen molar-refractivity contribution in [3.63, 3.8) is 0 Å². The van der Waals surface area contributed by atoms with E-state index in [-0.39, 0.29) is 23.9 Å². The molecule has 0 aromatic carbocycles. The molecule has 14 heteroatoms. The Morgan fingerprint density at radius 2 is 1.92 bits per heavy atom. The molecule has 14 nitrogen and oxygen atoms in total. The summed E-state index contributed by atoms with van der Waals surface area (Å²) in [6.07, 6.45) is 1.12. The lowest BCUT2D eigenvalue weighted by molar-refractivity contribution is -0.137. The van der Waals surface area contributed by atoms with E-state index in [1.165, 1.54) is 10.9 Å². The molecular formula is C25H36N8O6. The van der Waals surface area contributed by atoms with Gasteiger partial charge >= 0.3 is 6.09 Å². The number of likely N-dealkylation sites (tertiary alicyclic amines) is 1. The Kier molecular flexibility index (Phi) is 7.27. The van der Waals surface area contributed by atoms with Crippen molar-refractivity contribution in [3.8, 4) is 0 Å².